The zero-order valence-corrected chi connectivity index (χ0v) is 11.8. The van der Waals surface area contributed by atoms with Crippen molar-refractivity contribution in [1.29, 1.82) is 5.26 Å². The van der Waals surface area contributed by atoms with E-state index in [0.29, 0.717) is 12.2 Å². The van der Waals surface area contributed by atoms with Crippen LogP contribution in [0.15, 0.2) is 18.2 Å². The van der Waals surface area contributed by atoms with Crippen molar-refractivity contribution in [3.05, 3.63) is 29.6 Å². The Kier molecular flexibility index (Phi) is 4.41. The fourth-order valence-electron chi connectivity index (χ4n) is 2.12. The molecular formula is C14H16ClN3O. The number of ether oxygens (including phenoxy) is 1. The Morgan fingerprint density at radius 1 is 1.53 bits per heavy atom. The van der Waals surface area contributed by atoms with Gasteiger partial charge in [0.2, 0.25) is 0 Å². The highest BCUT2D eigenvalue weighted by Gasteiger charge is 2.15. The van der Waals surface area contributed by atoms with Gasteiger partial charge in [-0.2, -0.15) is 5.26 Å². The molecular weight excluding hydrogens is 262 g/mol. The van der Waals surface area contributed by atoms with Gasteiger partial charge in [0.15, 0.2) is 0 Å². The lowest BCUT2D eigenvalue weighted by atomic mass is 10.2. The third-order valence-corrected chi connectivity index (χ3v) is 3.19. The minimum atomic E-state index is -0.166. The van der Waals surface area contributed by atoms with Gasteiger partial charge in [-0.15, -0.1) is 11.6 Å². The molecule has 1 atom stereocenters. The fraction of sp³-hybridized carbons (Fsp3) is 0.429. The van der Waals surface area contributed by atoms with Crippen LogP contribution in [0.5, 0.6) is 0 Å². The van der Waals surface area contributed by atoms with Crippen LogP contribution in [0.1, 0.15) is 30.1 Å². The van der Waals surface area contributed by atoms with Crippen LogP contribution in [0, 0.1) is 11.3 Å². The number of aryl methyl sites for hydroxylation is 1. The lowest BCUT2D eigenvalue weighted by Crippen LogP contribution is -2.06. The molecule has 0 N–H and O–H groups in total. The van der Waals surface area contributed by atoms with E-state index in [1.807, 2.05) is 19.1 Å². The largest absolute Gasteiger partial charge is 0.385 e. The minimum absolute atomic E-state index is 0.166. The SMILES string of the molecule is COCCCn1c(C(C)Cl)nc2ccc(C#N)cc21. The molecule has 0 saturated carbocycles. The van der Waals surface area contributed by atoms with Gasteiger partial charge in [-0.3, -0.25) is 0 Å². The van der Waals surface area contributed by atoms with Gasteiger partial charge in [-0.05, 0) is 31.5 Å². The van der Waals surface area contributed by atoms with Gasteiger partial charge >= 0.3 is 0 Å². The minimum Gasteiger partial charge on any atom is -0.385 e. The van der Waals surface area contributed by atoms with Crippen LogP contribution >= 0.6 is 11.6 Å². The monoisotopic (exact) mass is 277 g/mol. The third kappa shape index (κ3) is 2.89. The van der Waals surface area contributed by atoms with E-state index in [0.717, 1.165) is 29.8 Å². The molecule has 1 heterocycles. The van der Waals surface area contributed by atoms with E-state index in [4.69, 9.17) is 21.6 Å². The average Bonchev–Trinajstić information content (AvgIpc) is 2.77. The summed E-state index contributed by atoms with van der Waals surface area (Å²) in [5.74, 6) is 0.836. The summed E-state index contributed by atoms with van der Waals surface area (Å²) in [6, 6.07) is 7.65. The number of fused-ring (bicyclic) bond motifs is 1. The molecule has 0 saturated heterocycles. The van der Waals surface area contributed by atoms with Gasteiger partial charge in [0.05, 0.1) is 28.0 Å². The Hall–Kier alpha value is -1.57. The summed E-state index contributed by atoms with van der Waals surface area (Å²) < 4.78 is 7.15. The van der Waals surface area contributed by atoms with E-state index >= 15 is 0 Å². The molecule has 1 aromatic heterocycles. The normalized spacial score (nSPS) is 12.5. The first-order valence-corrected chi connectivity index (χ1v) is 6.64. The molecule has 0 aliphatic heterocycles. The summed E-state index contributed by atoms with van der Waals surface area (Å²) in [6.07, 6.45) is 0.884. The molecule has 4 nitrogen and oxygen atoms in total. The van der Waals surface area contributed by atoms with Crippen molar-refractivity contribution in [3.63, 3.8) is 0 Å². The maximum Gasteiger partial charge on any atom is 0.127 e. The van der Waals surface area contributed by atoms with Crippen molar-refractivity contribution in [3.8, 4) is 6.07 Å². The van der Waals surface area contributed by atoms with Crippen LogP contribution in [0.2, 0.25) is 0 Å². The number of hydrogen-bond donors (Lipinski definition) is 0. The molecule has 5 heteroatoms. The lowest BCUT2D eigenvalue weighted by Gasteiger charge is -2.10. The summed E-state index contributed by atoms with van der Waals surface area (Å²) in [5, 5.41) is 8.83. The number of nitriles is 1. The molecule has 1 unspecified atom stereocenters. The number of imidazole rings is 1. The van der Waals surface area contributed by atoms with Gasteiger partial charge in [0.25, 0.3) is 0 Å². The average molecular weight is 278 g/mol. The number of benzene rings is 1. The van der Waals surface area contributed by atoms with Crippen molar-refractivity contribution in [1.82, 2.24) is 9.55 Å². The van der Waals surface area contributed by atoms with E-state index in [2.05, 4.69) is 15.6 Å². The van der Waals surface area contributed by atoms with Crippen LogP contribution in [0.3, 0.4) is 0 Å². The Balaban J connectivity index is 2.48. The second kappa shape index (κ2) is 6.05. The van der Waals surface area contributed by atoms with Crippen LogP contribution in [0.25, 0.3) is 11.0 Å². The van der Waals surface area contributed by atoms with Crippen molar-refractivity contribution < 1.29 is 4.74 Å². The quantitative estimate of drug-likeness (QED) is 0.623. The lowest BCUT2D eigenvalue weighted by molar-refractivity contribution is 0.190. The maximum atomic E-state index is 8.99. The van der Waals surface area contributed by atoms with Crippen LogP contribution < -0.4 is 0 Å². The van der Waals surface area contributed by atoms with E-state index in [1.54, 1.807) is 13.2 Å². The van der Waals surface area contributed by atoms with E-state index in [-0.39, 0.29) is 5.38 Å². The van der Waals surface area contributed by atoms with Crippen LogP contribution in [0.4, 0.5) is 0 Å². The van der Waals surface area contributed by atoms with Gasteiger partial charge in [0.1, 0.15) is 5.82 Å². The number of halogens is 1. The van der Waals surface area contributed by atoms with Crippen molar-refractivity contribution in [2.75, 3.05) is 13.7 Å². The maximum absolute atomic E-state index is 8.99. The Bertz CT molecular complexity index is 613. The molecule has 0 fully saturated rings. The predicted octanol–water partition coefficient (Wildman–Crippen LogP) is 3.24. The Morgan fingerprint density at radius 2 is 2.32 bits per heavy atom. The number of aromatic nitrogens is 2. The summed E-state index contributed by atoms with van der Waals surface area (Å²) in [6.45, 7) is 3.38. The van der Waals surface area contributed by atoms with Crippen molar-refractivity contribution in [2.45, 2.75) is 25.3 Å². The topological polar surface area (TPSA) is 50.8 Å². The standard InChI is InChI=1S/C14H16ClN3O/c1-10(15)14-17-12-5-4-11(9-16)8-13(12)18(14)6-3-7-19-2/h4-5,8,10H,3,6-7H2,1-2H3. The van der Waals surface area contributed by atoms with Gasteiger partial charge in [-0.1, -0.05) is 0 Å². The zero-order chi connectivity index (χ0) is 13.8. The third-order valence-electron chi connectivity index (χ3n) is 2.99. The molecule has 2 aromatic rings. The summed E-state index contributed by atoms with van der Waals surface area (Å²) >= 11 is 6.19. The molecule has 0 aliphatic rings. The highest BCUT2D eigenvalue weighted by atomic mass is 35.5. The first kappa shape index (κ1) is 13.9. The van der Waals surface area contributed by atoms with E-state index < -0.39 is 0 Å². The first-order valence-electron chi connectivity index (χ1n) is 6.20. The molecule has 2 rings (SSSR count). The zero-order valence-electron chi connectivity index (χ0n) is 11.1. The molecule has 0 amide bonds. The van der Waals surface area contributed by atoms with Crippen molar-refractivity contribution in [2.24, 2.45) is 0 Å². The van der Waals surface area contributed by atoms with Crippen LogP contribution in [-0.2, 0) is 11.3 Å². The molecule has 0 radical (unpaired) electrons. The van der Waals surface area contributed by atoms with Crippen LogP contribution in [-0.4, -0.2) is 23.3 Å². The molecule has 1 aromatic carbocycles. The van der Waals surface area contributed by atoms with E-state index in [9.17, 15) is 0 Å². The summed E-state index contributed by atoms with van der Waals surface area (Å²) in [5.41, 5.74) is 2.46. The van der Waals surface area contributed by atoms with Gasteiger partial charge in [0, 0.05) is 20.3 Å². The summed E-state index contributed by atoms with van der Waals surface area (Å²) in [7, 11) is 1.69. The second-order valence-electron chi connectivity index (χ2n) is 4.40. The number of alkyl halides is 1. The van der Waals surface area contributed by atoms with Gasteiger partial charge < -0.3 is 9.30 Å². The summed E-state index contributed by atoms with van der Waals surface area (Å²) in [4.78, 5) is 4.55. The Labute approximate surface area is 117 Å². The molecule has 0 bridgehead atoms. The van der Waals surface area contributed by atoms with E-state index in [1.165, 1.54) is 0 Å². The molecule has 0 spiro atoms. The number of methoxy groups -OCH3 is 1. The first-order chi connectivity index (χ1) is 9.17. The number of nitrogens with zero attached hydrogens (tertiary/aromatic N) is 3. The highest BCUT2D eigenvalue weighted by molar-refractivity contribution is 6.20. The van der Waals surface area contributed by atoms with Gasteiger partial charge in [-0.25, -0.2) is 4.98 Å². The fourth-order valence-corrected chi connectivity index (χ4v) is 2.28. The molecule has 19 heavy (non-hydrogen) atoms. The number of hydrogen-bond acceptors (Lipinski definition) is 3. The molecule has 100 valence electrons. The molecule has 0 aliphatic carbocycles. The smallest absolute Gasteiger partial charge is 0.127 e. The highest BCUT2D eigenvalue weighted by Crippen LogP contribution is 2.25. The Morgan fingerprint density at radius 3 is 2.95 bits per heavy atom. The second-order valence-corrected chi connectivity index (χ2v) is 5.05. The van der Waals surface area contributed by atoms with Crippen molar-refractivity contribution >= 4 is 22.6 Å². The number of rotatable bonds is 5. The predicted molar refractivity (Wildman–Crippen MR) is 75.2 cm³/mol.